The van der Waals surface area contributed by atoms with Crippen LogP contribution in [0.2, 0.25) is 0 Å². The molecule has 0 fully saturated rings. The SMILES string of the molecule is CCCO.N#CC(C1=NC(=O)/C(=C\c2ccccc2)S1)=P(c1ccccc1)(c1ccccc1)c1ccccc1. The standard InChI is InChI=1S/C30H21N2OPS.C3H8O/c31-22-27(30-32-29(33)28(35-30)21-23-13-5-1-6-14-23)34(24-15-7-2-8-16-24,25-17-9-3-10-18-25)26-19-11-4-12-20-26;1-2-3-4/h1-21H;4H,2-3H2,1H3/b28-21+;. The number of rotatable bonds is 6. The van der Waals surface area contributed by atoms with E-state index in [2.05, 4.69) is 47.5 Å². The minimum atomic E-state index is -2.62. The van der Waals surface area contributed by atoms with Gasteiger partial charge in [0.1, 0.15) is 11.1 Å². The van der Waals surface area contributed by atoms with E-state index in [1.165, 1.54) is 11.8 Å². The number of aliphatic imine (C=N–C) groups is 1. The number of thioether (sulfide) groups is 1. The van der Waals surface area contributed by atoms with Gasteiger partial charge in [0.2, 0.25) is 0 Å². The van der Waals surface area contributed by atoms with Crippen LogP contribution in [0.15, 0.2) is 131 Å². The number of benzene rings is 4. The van der Waals surface area contributed by atoms with E-state index in [1.807, 2.05) is 97.9 Å². The lowest BCUT2D eigenvalue weighted by Gasteiger charge is -2.30. The van der Waals surface area contributed by atoms with Gasteiger partial charge in [0.25, 0.3) is 5.91 Å². The molecule has 0 aromatic heterocycles. The molecule has 0 bridgehead atoms. The van der Waals surface area contributed by atoms with Gasteiger partial charge in [0.15, 0.2) is 0 Å². The number of hydrogen-bond donors (Lipinski definition) is 1. The Labute approximate surface area is 234 Å². The minimum Gasteiger partial charge on any atom is -0.396 e. The molecular weight excluding hydrogens is 519 g/mol. The number of aliphatic hydroxyl groups excluding tert-OH is 1. The summed E-state index contributed by atoms with van der Waals surface area (Å²) in [6, 6.07) is 42.6. The molecule has 5 rings (SSSR count). The van der Waals surface area contributed by atoms with E-state index in [0.717, 1.165) is 27.9 Å². The van der Waals surface area contributed by atoms with Crippen LogP contribution in [-0.4, -0.2) is 28.0 Å². The van der Waals surface area contributed by atoms with Crippen LogP contribution in [0.4, 0.5) is 0 Å². The van der Waals surface area contributed by atoms with Gasteiger partial charge < -0.3 is 5.11 Å². The Hall–Kier alpha value is -3.94. The Balaban J connectivity index is 0.000000826. The highest BCUT2D eigenvalue weighted by atomic mass is 32.2. The van der Waals surface area contributed by atoms with Crippen molar-refractivity contribution in [3.63, 3.8) is 0 Å². The molecule has 0 atom stereocenters. The lowest BCUT2D eigenvalue weighted by atomic mass is 10.2. The summed E-state index contributed by atoms with van der Waals surface area (Å²) in [6.07, 6.45) is 2.71. The molecule has 4 nitrogen and oxygen atoms in total. The summed E-state index contributed by atoms with van der Waals surface area (Å²) < 4.78 is 0. The molecule has 4 aromatic carbocycles. The minimum absolute atomic E-state index is 0.311. The van der Waals surface area contributed by atoms with Crippen molar-refractivity contribution in [2.24, 2.45) is 4.99 Å². The van der Waals surface area contributed by atoms with E-state index in [1.54, 1.807) is 0 Å². The fraction of sp³-hybridized carbons (Fsp3) is 0.0909. The predicted octanol–water partition coefficient (Wildman–Crippen LogP) is 5.78. The van der Waals surface area contributed by atoms with Crippen molar-refractivity contribution in [3.8, 4) is 6.07 Å². The van der Waals surface area contributed by atoms with Gasteiger partial charge in [-0.25, -0.2) is 4.99 Å². The van der Waals surface area contributed by atoms with Crippen molar-refractivity contribution in [2.75, 3.05) is 6.61 Å². The number of hydrogen-bond acceptors (Lipinski definition) is 4. The zero-order valence-corrected chi connectivity index (χ0v) is 23.4. The molecule has 4 aromatic rings. The van der Waals surface area contributed by atoms with Crippen LogP contribution in [0.25, 0.3) is 6.08 Å². The van der Waals surface area contributed by atoms with Gasteiger partial charge in [-0.1, -0.05) is 140 Å². The first-order valence-corrected chi connectivity index (χ1v) is 15.3. The molecule has 0 spiro atoms. The normalized spacial score (nSPS) is 13.7. The highest BCUT2D eigenvalue weighted by Crippen LogP contribution is 2.48. The van der Waals surface area contributed by atoms with E-state index < -0.39 is 6.89 Å². The van der Waals surface area contributed by atoms with E-state index >= 15 is 0 Å². The van der Waals surface area contributed by atoms with E-state index in [0.29, 0.717) is 21.8 Å². The molecule has 6 heteroatoms. The Morgan fingerprint density at radius 2 is 1.23 bits per heavy atom. The van der Waals surface area contributed by atoms with Gasteiger partial charge in [0, 0.05) is 6.61 Å². The van der Waals surface area contributed by atoms with Crippen LogP contribution in [0.1, 0.15) is 18.9 Å². The molecule has 1 aliphatic heterocycles. The molecule has 194 valence electrons. The molecule has 1 heterocycles. The van der Waals surface area contributed by atoms with Crippen LogP contribution >= 0.6 is 18.6 Å². The van der Waals surface area contributed by atoms with Crippen molar-refractivity contribution in [3.05, 3.63) is 132 Å². The monoisotopic (exact) mass is 548 g/mol. The zero-order valence-electron chi connectivity index (χ0n) is 21.6. The van der Waals surface area contributed by atoms with Gasteiger partial charge in [-0.15, -0.1) is 0 Å². The second-order valence-corrected chi connectivity index (χ2v) is 13.0. The summed E-state index contributed by atoms with van der Waals surface area (Å²) in [5.41, 5.74) is 0.925. The third-order valence-electron chi connectivity index (χ3n) is 6.02. The first-order chi connectivity index (χ1) is 19.1. The second kappa shape index (κ2) is 13.7. The zero-order chi connectivity index (χ0) is 27.5. The summed E-state index contributed by atoms with van der Waals surface area (Å²) in [6.45, 7) is -0.374. The van der Waals surface area contributed by atoms with Gasteiger partial charge in [-0.05, 0) is 40.9 Å². The van der Waals surface area contributed by atoms with Crippen LogP contribution < -0.4 is 15.9 Å². The molecule has 1 N–H and O–H groups in total. The number of carbonyl (C=O) groups is 1. The maximum absolute atomic E-state index is 13.0. The first kappa shape index (κ1) is 28.1. The third-order valence-corrected chi connectivity index (χ3v) is 11.4. The van der Waals surface area contributed by atoms with Crippen molar-refractivity contribution >= 4 is 56.9 Å². The summed E-state index contributed by atoms with van der Waals surface area (Å²) in [7, 11) is 0. The van der Waals surface area contributed by atoms with Gasteiger partial charge >= 0.3 is 0 Å². The number of carbonyl (C=O) groups excluding carboxylic acids is 1. The Morgan fingerprint density at radius 1 is 0.821 bits per heavy atom. The maximum Gasteiger partial charge on any atom is 0.284 e. The largest absolute Gasteiger partial charge is 0.396 e. The van der Waals surface area contributed by atoms with Crippen molar-refractivity contribution < 1.29 is 9.90 Å². The van der Waals surface area contributed by atoms with E-state index in [-0.39, 0.29) is 5.91 Å². The third kappa shape index (κ3) is 6.21. The summed E-state index contributed by atoms with van der Waals surface area (Å²) in [4.78, 5) is 17.9. The quantitative estimate of drug-likeness (QED) is 0.245. The number of aliphatic hydroxyl groups is 1. The summed E-state index contributed by atoms with van der Waals surface area (Å²) >= 11 is 1.29. The van der Waals surface area contributed by atoms with Crippen molar-refractivity contribution in [1.29, 1.82) is 5.26 Å². The molecule has 0 radical (unpaired) electrons. The van der Waals surface area contributed by atoms with Gasteiger partial charge in [0.05, 0.1) is 10.2 Å². The summed E-state index contributed by atoms with van der Waals surface area (Å²) in [5, 5.41) is 22.7. The average molecular weight is 549 g/mol. The molecular formula is C33H29N2O2PS. The fourth-order valence-corrected chi connectivity index (χ4v) is 9.64. The molecule has 39 heavy (non-hydrogen) atoms. The van der Waals surface area contributed by atoms with Crippen molar-refractivity contribution in [1.82, 2.24) is 0 Å². The van der Waals surface area contributed by atoms with E-state index in [4.69, 9.17) is 5.11 Å². The Kier molecular flexibility index (Phi) is 9.89. The Bertz CT molecular complexity index is 1450. The molecule has 0 saturated carbocycles. The predicted molar refractivity (Wildman–Crippen MR) is 168 cm³/mol. The van der Waals surface area contributed by atoms with Crippen LogP contribution in [0.5, 0.6) is 0 Å². The van der Waals surface area contributed by atoms with Crippen LogP contribution in [0.3, 0.4) is 0 Å². The highest BCUT2D eigenvalue weighted by Gasteiger charge is 2.35. The highest BCUT2D eigenvalue weighted by molar-refractivity contribution is 8.22. The van der Waals surface area contributed by atoms with Gasteiger partial charge in [-0.3, -0.25) is 4.79 Å². The van der Waals surface area contributed by atoms with Crippen molar-refractivity contribution in [2.45, 2.75) is 13.3 Å². The molecule has 1 amide bonds. The summed E-state index contributed by atoms with van der Waals surface area (Å²) in [5.74, 6) is -0.311. The lowest BCUT2D eigenvalue weighted by Crippen LogP contribution is -2.32. The number of nitriles is 1. The topological polar surface area (TPSA) is 73.4 Å². The lowest BCUT2D eigenvalue weighted by molar-refractivity contribution is -0.113. The molecule has 0 unspecified atom stereocenters. The first-order valence-electron chi connectivity index (χ1n) is 12.7. The molecule has 0 aliphatic carbocycles. The second-order valence-electron chi connectivity index (χ2n) is 8.60. The fourth-order valence-electron chi connectivity index (χ4n) is 4.27. The van der Waals surface area contributed by atoms with Crippen LogP contribution in [0, 0.1) is 11.3 Å². The van der Waals surface area contributed by atoms with Crippen LogP contribution in [-0.2, 0) is 4.79 Å². The number of amides is 1. The molecule has 0 saturated heterocycles. The average Bonchev–Trinajstić information content (AvgIpc) is 3.36. The Morgan fingerprint density at radius 3 is 1.62 bits per heavy atom. The van der Waals surface area contributed by atoms with E-state index in [9.17, 15) is 10.1 Å². The van der Waals surface area contributed by atoms with Gasteiger partial charge in [-0.2, -0.15) is 5.26 Å². The number of nitrogens with zero attached hydrogens (tertiary/aromatic N) is 2. The molecule has 1 aliphatic rings. The smallest absolute Gasteiger partial charge is 0.284 e. The maximum atomic E-state index is 13.0.